The predicted octanol–water partition coefficient (Wildman–Crippen LogP) is 1.64. The third-order valence-corrected chi connectivity index (χ3v) is 3.84. The predicted molar refractivity (Wildman–Crippen MR) is 42.8 cm³/mol. The van der Waals surface area contributed by atoms with Crippen LogP contribution in [-0.4, -0.2) is 12.6 Å². The van der Waals surface area contributed by atoms with Gasteiger partial charge in [0.1, 0.15) is 0 Å². The third kappa shape index (κ3) is 0.619. The van der Waals surface area contributed by atoms with Crippen LogP contribution >= 0.6 is 0 Å². The summed E-state index contributed by atoms with van der Waals surface area (Å²) in [6, 6.07) is 0.764. The van der Waals surface area contributed by atoms with Crippen LogP contribution in [0.15, 0.2) is 0 Å². The monoisotopic (exact) mass is 139 g/mol. The second-order valence-electron chi connectivity index (χ2n) is 4.56. The number of hydrogen-bond acceptors (Lipinski definition) is 1. The van der Waals surface area contributed by atoms with Crippen LogP contribution in [0.5, 0.6) is 0 Å². The van der Waals surface area contributed by atoms with Crippen molar-refractivity contribution in [1.29, 1.82) is 0 Å². The van der Waals surface area contributed by atoms with E-state index in [0.29, 0.717) is 5.41 Å². The molecule has 2 heterocycles. The lowest BCUT2D eigenvalue weighted by molar-refractivity contribution is -0.0755. The van der Waals surface area contributed by atoms with Crippen molar-refractivity contribution in [2.24, 2.45) is 17.3 Å². The van der Waals surface area contributed by atoms with E-state index in [9.17, 15) is 0 Å². The molecule has 0 aromatic rings. The van der Waals surface area contributed by atoms with Crippen molar-refractivity contribution in [1.82, 2.24) is 5.32 Å². The van der Waals surface area contributed by atoms with E-state index in [1.165, 1.54) is 13.0 Å². The number of fused-ring (bicyclic) bond motifs is 2. The molecule has 58 valence electrons. The Morgan fingerprint density at radius 2 is 2.10 bits per heavy atom. The lowest BCUT2D eigenvalue weighted by Crippen LogP contribution is -2.62. The summed E-state index contributed by atoms with van der Waals surface area (Å²) < 4.78 is 0. The number of rotatable bonds is 0. The molecule has 10 heavy (non-hydrogen) atoms. The molecule has 3 rings (SSSR count). The van der Waals surface area contributed by atoms with Crippen molar-refractivity contribution in [2.75, 3.05) is 6.54 Å². The molecule has 0 amide bonds. The van der Waals surface area contributed by atoms with Gasteiger partial charge in [0.05, 0.1) is 0 Å². The highest BCUT2D eigenvalue weighted by molar-refractivity contribution is 5.05. The van der Waals surface area contributed by atoms with E-state index < -0.39 is 0 Å². The number of piperidine rings is 2. The van der Waals surface area contributed by atoms with Crippen molar-refractivity contribution < 1.29 is 0 Å². The summed E-state index contributed by atoms with van der Waals surface area (Å²) in [6.45, 7) is 8.42. The minimum atomic E-state index is 0.644. The van der Waals surface area contributed by atoms with E-state index in [2.05, 4.69) is 26.1 Å². The van der Waals surface area contributed by atoms with E-state index >= 15 is 0 Å². The molecule has 0 radical (unpaired) electrons. The fraction of sp³-hybridized carbons (Fsp3) is 1.00. The van der Waals surface area contributed by atoms with Crippen LogP contribution in [0.3, 0.4) is 0 Å². The lowest BCUT2D eigenvalue weighted by Gasteiger charge is -2.59. The fourth-order valence-corrected chi connectivity index (χ4v) is 2.72. The molecule has 1 nitrogen and oxygen atoms in total. The molecule has 3 fully saturated rings. The minimum Gasteiger partial charge on any atom is -0.314 e. The summed E-state index contributed by atoms with van der Waals surface area (Å²) in [6.07, 6.45) is 1.47. The summed E-state index contributed by atoms with van der Waals surface area (Å²) in [5.74, 6) is 1.92. The summed E-state index contributed by atoms with van der Waals surface area (Å²) in [7, 11) is 0. The van der Waals surface area contributed by atoms with Crippen molar-refractivity contribution >= 4 is 0 Å². The van der Waals surface area contributed by atoms with Crippen LogP contribution in [0.25, 0.3) is 0 Å². The molecule has 1 N–H and O–H groups in total. The molecule has 1 saturated carbocycles. The molecular weight excluding hydrogens is 122 g/mol. The van der Waals surface area contributed by atoms with Crippen LogP contribution in [0.1, 0.15) is 27.2 Å². The highest BCUT2D eigenvalue weighted by Crippen LogP contribution is 2.54. The van der Waals surface area contributed by atoms with Gasteiger partial charge in [-0.3, -0.25) is 0 Å². The second kappa shape index (κ2) is 1.76. The normalized spacial score (nSPS) is 50.1. The van der Waals surface area contributed by atoms with Gasteiger partial charge in [0, 0.05) is 6.04 Å². The lowest BCUT2D eigenvalue weighted by atomic mass is 9.50. The molecular formula is C9H17N. The fourth-order valence-electron chi connectivity index (χ4n) is 2.72. The topological polar surface area (TPSA) is 12.0 Å². The zero-order chi connectivity index (χ0) is 7.35. The van der Waals surface area contributed by atoms with E-state index in [0.717, 1.165) is 17.9 Å². The summed E-state index contributed by atoms with van der Waals surface area (Å²) in [4.78, 5) is 0. The maximum atomic E-state index is 3.54. The van der Waals surface area contributed by atoms with Crippen LogP contribution in [-0.2, 0) is 0 Å². The van der Waals surface area contributed by atoms with Crippen LogP contribution in [0.4, 0.5) is 0 Å². The largest absolute Gasteiger partial charge is 0.314 e. The average Bonchev–Trinajstić information content (AvgIpc) is 1.87. The Hall–Kier alpha value is -0.0400. The third-order valence-electron chi connectivity index (χ3n) is 3.84. The first kappa shape index (κ1) is 6.66. The Balaban J connectivity index is 2.16. The number of hydrogen-bond donors (Lipinski definition) is 1. The van der Waals surface area contributed by atoms with Gasteiger partial charge in [-0.05, 0) is 37.1 Å². The van der Waals surface area contributed by atoms with Gasteiger partial charge in [-0.1, -0.05) is 13.8 Å². The van der Waals surface area contributed by atoms with Crippen LogP contribution < -0.4 is 5.32 Å². The smallest absolute Gasteiger partial charge is 0.00724 e. The Labute approximate surface area is 63.2 Å². The SMILES string of the molecule is CC1NCC2CC1C2(C)C. The molecule has 0 aromatic carbocycles. The molecule has 3 aliphatic rings. The summed E-state index contributed by atoms with van der Waals surface area (Å²) in [5.41, 5.74) is 0.644. The highest BCUT2D eigenvalue weighted by atomic mass is 15.0. The van der Waals surface area contributed by atoms with Crippen LogP contribution in [0.2, 0.25) is 0 Å². The van der Waals surface area contributed by atoms with Gasteiger partial charge < -0.3 is 5.32 Å². The minimum absolute atomic E-state index is 0.644. The zero-order valence-corrected chi connectivity index (χ0v) is 7.15. The van der Waals surface area contributed by atoms with Crippen molar-refractivity contribution in [3.8, 4) is 0 Å². The van der Waals surface area contributed by atoms with Crippen molar-refractivity contribution in [2.45, 2.75) is 33.2 Å². The van der Waals surface area contributed by atoms with Gasteiger partial charge in [0.15, 0.2) is 0 Å². The second-order valence-corrected chi connectivity index (χ2v) is 4.56. The van der Waals surface area contributed by atoms with E-state index in [1.807, 2.05) is 0 Å². The molecule has 0 spiro atoms. The molecule has 0 aromatic heterocycles. The first-order chi connectivity index (χ1) is 4.62. The van der Waals surface area contributed by atoms with Gasteiger partial charge in [-0.15, -0.1) is 0 Å². The maximum Gasteiger partial charge on any atom is 0.00724 e. The number of nitrogens with one attached hydrogen (secondary N) is 1. The average molecular weight is 139 g/mol. The van der Waals surface area contributed by atoms with Gasteiger partial charge in [-0.25, -0.2) is 0 Å². The zero-order valence-electron chi connectivity index (χ0n) is 7.15. The molecule has 1 aliphatic carbocycles. The van der Waals surface area contributed by atoms with E-state index in [4.69, 9.17) is 0 Å². The van der Waals surface area contributed by atoms with E-state index in [-0.39, 0.29) is 0 Å². The van der Waals surface area contributed by atoms with Crippen molar-refractivity contribution in [3.05, 3.63) is 0 Å². The molecule has 1 heteroatoms. The Morgan fingerprint density at radius 3 is 2.40 bits per heavy atom. The first-order valence-corrected chi connectivity index (χ1v) is 4.36. The molecule has 3 atom stereocenters. The van der Waals surface area contributed by atoms with Crippen LogP contribution in [0, 0.1) is 17.3 Å². The van der Waals surface area contributed by atoms with E-state index in [1.54, 1.807) is 0 Å². The Morgan fingerprint density at radius 1 is 1.40 bits per heavy atom. The molecule has 2 aliphatic heterocycles. The summed E-state index contributed by atoms with van der Waals surface area (Å²) >= 11 is 0. The quantitative estimate of drug-likeness (QED) is 0.538. The van der Waals surface area contributed by atoms with Gasteiger partial charge >= 0.3 is 0 Å². The first-order valence-electron chi connectivity index (χ1n) is 4.36. The molecule has 3 unspecified atom stereocenters. The highest BCUT2D eigenvalue weighted by Gasteiger charge is 2.52. The molecule has 2 saturated heterocycles. The Bertz CT molecular complexity index is 149. The summed E-state index contributed by atoms with van der Waals surface area (Å²) in [5, 5.41) is 3.54. The maximum absolute atomic E-state index is 3.54. The Kier molecular flexibility index (Phi) is 1.17. The van der Waals surface area contributed by atoms with Gasteiger partial charge in [0.25, 0.3) is 0 Å². The van der Waals surface area contributed by atoms with Gasteiger partial charge in [0.2, 0.25) is 0 Å². The molecule has 2 bridgehead atoms. The van der Waals surface area contributed by atoms with Gasteiger partial charge in [-0.2, -0.15) is 0 Å². The standard InChI is InChI=1S/C9H17N/c1-6-8-4-7(5-10-6)9(8,2)3/h6-8,10H,4-5H2,1-3H3. The van der Waals surface area contributed by atoms with Crippen molar-refractivity contribution in [3.63, 3.8) is 0 Å².